The molecule has 2 unspecified atom stereocenters. The Kier molecular flexibility index (Phi) is 4.21. The molecule has 1 saturated carbocycles. The number of hydrogen-bond donors (Lipinski definition) is 1. The van der Waals surface area contributed by atoms with Gasteiger partial charge in [0.25, 0.3) is 0 Å². The van der Waals surface area contributed by atoms with Crippen molar-refractivity contribution >= 4 is 5.78 Å². The lowest BCUT2D eigenvalue weighted by molar-refractivity contribution is -0.125. The molecule has 0 bridgehead atoms. The third-order valence-corrected chi connectivity index (χ3v) is 3.77. The van der Waals surface area contributed by atoms with Crippen LogP contribution in [-0.4, -0.2) is 17.0 Å². The van der Waals surface area contributed by atoms with Gasteiger partial charge in [0.2, 0.25) is 0 Å². The van der Waals surface area contributed by atoms with E-state index in [4.69, 9.17) is 4.11 Å². The molecular weight excluding hydrogens is 212 g/mol. The van der Waals surface area contributed by atoms with Crippen LogP contribution in [0, 0.1) is 17.8 Å². The SMILES string of the molecule is [2H]C([2H])([2H])CCC=CC[C@@H](C)C(O)[C@H]1C(=O)CCC1C. The molecule has 0 aromatic rings. The van der Waals surface area contributed by atoms with E-state index < -0.39 is 13.0 Å². The smallest absolute Gasteiger partial charge is 0.138 e. The Hall–Kier alpha value is -0.630. The molecule has 0 aromatic heterocycles. The number of allylic oxidation sites excluding steroid dienone is 2. The topological polar surface area (TPSA) is 37.3 Å². The quantitative estimate of drug-likeness (QED) is 0.724. The van der Waals surface area contributed by atoms with E-state index in [0.717, 1.165) is 6.42 Å². The normalized spacial score (nSPS) is 32.2. The number of carbonyl (C=O) groups is 1. The standard InChI is InChI=1S/C15H26O2/c1-4-5-6-7-8-12(3)15(17)14-11(2)9-10-13(14)16/h6-7,11-12,14-15,17H,4-5,8-10H2,1-3H3/t11?,12-,14-,15?/m1/s1/i1D3. The molecule has 0 spiro atoms. The average Bonchev–Trinajstić information content (AvgIpc) is 2.66. The maximum atomic E-state index is 11.8. The molecule has 1 rings (SSSR count). The fraction of sp³-hybridized carbons (Fsp3) is 0.800. The zero-order valence-electron chi connectivity index (χ0n) is 13.9. The third kappa shape index (κ3) is 3.95. The van der Waals surface area contributed by atoms with Crippen molar-refractivity contribution in [2.24, 2.45) is 17.8 Å². The van der Waals surface area contributed by atoms with E-state index in [9.17, 15) is 9.90 Å². The molecule has 0 amide bonds. The maximum Gasteiger partial charge on any atom is 0.138 e. The summed E-state index contributed by atoms with van der Waals surface area (Å²) in [5.74, 6) is 0.247. The van der Waals surface area contributed by atoms with Gasteiger partial charge in [-0.1, -0.05) is 39.3 Å². The minimum Gasteiger partial charge on any atom is -0.392 e. The van der Waals surface area contributed by atoms with Crippen LogP contribution in [0.2, 0.25) is 0 Å². The molecule has 0 aliphatic heterocycles. The van der Waals surface area contributed by atoms with Crippen molar-refractivity contribution in [2.75, 3.05) is 0 Å². The molecule has 1 N–H and O–H groups in total. The van der Waals surface area contributed by atoms with Crippen LogP contribution in [0.1, 0.15) is 56.9 Å². The molecule has 0 radical (unpaired) electrons. The van der Waals surface area contributed by atoms with Gasteiger partial charge in [-0.2, -0.15) is 0 Å². The monoisotopic (exact) mass is 241 g/mol. The molecule has 2 heteroatoms. The van der Waals surface area contributed by atoms with Crippen LogP contribution in [0.5, 0.6) is 0 Å². The Labute approximate surface area is 109 Å². The summed E-state index contributed by atoms with van der Waals surface area (Å²) in [5.41, 5.74) is 0. The van der Waals surface area contributed by atoms with Crippen LogP contribution >= 0.6 is 0 Å². The molecule has 2 nitrogen and oxygen atoms in total. The van der Waals surface area contributed by atoms with Crippen molar-refractivity contribution in [3.63, 3.8) is 0 Å². The van der Waals surface area contributed by atoms with Crippen LogP contribution in [-0.2, 0) is 4.79 Å². The van der Waals surface area contributed by atoms with E-state index in [-0.39, 0.29) is 30.0 Å². The van der Waals surface area contributed by atoms with E-state index in [2.05, 4.69) is 0 Å². The van der Waals surface area contributed by atoms with Gasteiger partial charge in [0, 0.05) is 16.5 Å². The van der Waals surface area contributed by atoms with Crippen LogP contribution in [0.4, 0.5) is 0 Å². The van der Waals surface area contributed by atoms with Crippen molar-refractivity contribution < 1.29 is 14.0 Å². The minimum atomic E-state index is -1.87. The summed E-state index contributed by atoms with van der Waals surface area (Å²) in [7, 11) is 0. The predicted molar refractivity (Wildman–Crippen MR) is 70.7 cm³/mol. The Morgan fingerprint density at radius 3 is 2.94 bits per heavy atom. The molecule has 1 aliphatic rings. The first-order chi connectivity index (χ1) is 9.22. The fourth-order valence-electron chi connectivity index (χ4n) is 2.57. The van der Waals surface area contributed by atoms with E-state index >= 15 is 0 Å². The van der Waals surface area contributed by atoms with Crippen molar-refractivity contribution in [3.8, 4) is 0 Å². The maximum absolute atomic E-state index is 11.8. The first-order valence-corrected chi connectivity index (χ1v) is 6.58. The molecule has 0 saturated heterocycles. The largest absolute Gasteiger partial charge is 0.392 e. The zero-order chi connectivity index (χ0) is 15.3. The summed E-state index contributed by atoms with van der Waals surface area (Å²) in [4.78, 5) is 11.8. The Balaban J connectivity index is 2.37. The molecule has 98 valence electrons. The van der Waals surface area contributed by atoms with Gasteiger partial charge in [0.05, 0.1) is 6.10 Å². The minimum absolute atomic E-state index is 0.0218. The van der Waals surface area contributed by atoms with Gasteiger partial charge in [-0.15, -0.1) is 0 Å². The first kappa shape index (κ1) is 10.3. The summed E-state index contributed by atoms with van der Waals surface area (Å²) in [5, 5.41) is 10.3. The number of rotatable bonds is 6. The molecule has 0 aromatic carbocycles. The molecular formula is C15H26O2. The number of ketones is 1. The molecule has 1 fully saturated rings. The molecule has 4 atom stereocenters. The highest BCUT2D eigenvalue weighted by Gasteiger charge is 2.38. The summed E-state index contributed by atoms with van der Waals surface area (Å²) < 4.78 is 21.3. The van der Waals surface area contributed by atoms with E-state index in [1.807, 2.05) is 26.0 Å². The summed E-state index contributed by atoms with van der Waals surface area (Å²) in [6, 6.07) is 0. The summed E-state index contributed by atoms with van der Waals surface area (Å²) in [6.07, 6.45) is 6.03. The molecule has 17 heavy (non-hydrogen) atoms. The highest BCUT2D eigenvalue weighted by atomic mass is 16.3. The van der Waals surface area contributed by atoms with Crippen molar-refractivity contribution in [1.29, 1.82) is 0 Å². The second-order valence-corrected chi connectivity index (χ2v) is 5.22. The van der Waals surface area contributed by atoms with Crippen LogP contribution < -0.4 is 0 Å². The number of Topliss-reactive ketones (excluding diaryl/α,β-unsaturated/α-hetero) is 1. The number of aliphatic hydroxyl groups excluding tert-OH is 1. The summed E-state index contributed by atoms with van der Waals surface area (Å²) >= 11 is 0. The van der Waals surface area contributed by atoms with Gasteiger partial charge in [-0.3, -0.25) is 4.79 Å². The van der Waals surface area contributed by atoms with Crippen molar-refractivity contribution in [2.45, 2.75) is 58.9 Å². The van der Waals surface area contributed by atoms with Crippen LogP contribution in [0.25, 0.3) is 0 Å². The van der Waals surface area contributed by atoms with Gasteiger partial charge in [0.15, 0.2) is 0 Å². The molecule has 0 heterocycles. The van der Waals surface area contributed by atoms with Gasteiger partial charge in [0.1, 0.15) is 5.78 Å². The number of hydrogen-bond acceptors (Lipinski definition) is 2. The molecule has 1 aliphatic carbocycles. The van der Waals surface area contributed by atoms with E-state index in [1.165, 1.54) is 0 Å². The van der Waals surface area contributed by atoms with Crippen molar-refractivity contribution in [3.05, 3.63) is 12.2 Å². The second-order valence-electron chi connectivity index (χ2n) is 5.22. The van der Waals surface area contributed by atoms with Gasteiger partial charge < -0.3 is 5.11 Å². The van der Waals surface area contributed by atoms with Crippen LogP contribution in [0.3, 0.4) is 0 Å². The van der Waals surface area contributed by atoms with Gasteiger partial charge in [-0.25, -0.2) is 0 Å². The second kappa shape index (κ2) is 6.95. The Bertz CT molecular complexity index is 350. The predicted octanol–water partition coefficient (Wildman–Crippen LogP) is 3.35. The van der Waals surface area contributed by atoms with Gasteiger partial charge in [-0.05, 0) is 31.1 Å². The lowest BCUT2D eigenvalue weighted by Gasteiger charge is -2.25. The third-order valence-electron chi connectivity index (χ3n) is 3.77. The number of aliphatic hydroxyl groups is 1. The zero-order valence-corrected chi connectivity index (χ0v) is 10.9. The fourth-order valence-corrected chi connectivity index (χ4v) is 2.57. The Morgan fingerprint density at radius 2 is 2.35 bits per heavy atom. The van der Waals surface area contributed by atoms with E-state index in [0.29, 0.717) is 19.3 Å². The lowest BCUT2D eigenvalue weighted by Crippen LogP contribution is -2.33. The highest BCUT2D eigenvalue weighted by Crippen LogP contribution is 2.34. The van der Waals surface area contributed by atoms with Crippen molar-refractivity contribution in [1.82, 2.24) is 0 Å². The average molecular weight is 241 g/mol. The first-order valence-electron chi connectivity index (χ1n) is 8.08. The van der Waals surface area contributed by atoms with Gasteiger partial charge >= 0.3 is 0 Å². The number of carbonyl (C=O) groups excluding carboxylic acids is 1. The van der Waals surface area contributed by atoms with E-state index in [1.54, 1.807) is 0 Å². The highest BCUT2D eigenvalue weighted by molar-refractivity contribution is 5.83. The lowest BCUT2D eigenvalue weighted by atomic mass is 9.83. The van der Waals surface area contributed by atoms with Crippen LogP contribution in [0.15, 0.2) is 12.2 Å². The Morgan fingerprint density at radius 1 is 1.59 bits per heavy atom. The summed E-state index contributed by atoms with van der Waals surface area (Å²) in [6.45, 7) is 2.09.